The van der Waals surface area contributed by atoms with Crippen LogP contribution in [0.2, 0.25) is 0 Å². The highest BCUT2D eigenvalue weighted by molar-refractivity contribution is 5.78. The van der Waals surface area contributed by atoms with Crippen LogP contribution in [0, 0.1) is 5.92 Å². The molecule has 1 aliphatic carbocycles. The molecule has 0 aromatic rings. The second-order valence-electron chi connectivity index (χ2n) is 5.25. The minimum Gasteiger partial charge on any atom is -0.481 e. The Hall–Kier alpha value is -1.14. The van der Waals surface area contributed by atoms with E-state index >= 15 is 0 Å². The standard InChI is InChI=1S/C13H24N2O4/c1-10(13(18)19)8-15(6-7-16)9-12(17)14-11-4-2-3-5-11/h10-11,16H,2-9H2,1H3,(H,14,17)(H,18,19). The summed E-state index contributed by atoms with van der Waals surface area (Å²) < 4.78 is 0. The van der Waals surface area contributed by atoms with Crippen LogP contribution in [-0.2, 0) is 9.59 Å². The Balaban J connectivity index is 2.38. The van der Waals surface area contributed by atoms with Gasteiger partial charge in [-0.25, -0.2) is 0 Å². The van der Waals surface area contributed by atoms with Gasteiger partial charge >= 0.3 is 5.97 Å². The largest absolute Gasteiger partial charge is 0.481 e. The number of hydrogen-bond donors (Lipinski definition) is 3. The van der Waals surface area contributed by atoms with Crippen LogP contribution in [-0.4, -0.2) is 59.3 Å². The van der Waals surface area contributed by atoms with Crippen molar-refractivity contribution in [1.82, 2.24) is 10.2 Å². The van der Waals surface area contributed by atoms with E-state index in [1.807, 2.05) is 0 Å². The molecule has 0 heterocycles. The molecule has 1 aliphatic rings. The van der Waals surface area contributed by atoms with Gasteiger partial charge in [0.2, 0.25) is 5.91 Å². The molecule has 0 bridgehead atoms. The SMILES string of the molecule is CC(CN(CCO)CC(=O)NC1CCCC1)C(=O)O. The molecular formula is C13H24N2O4. The Kier molecular flexibility index (Phi) is 6.80. The molecule has 110 valence electrons. The Morgan fingerprint density at radius 2 is 2.00 bits per heavy atom. The van der Waals surface area contributed by atoms with Crippen LogP contribution in [0.4, 0.5) is 0 Å². The quantitative estimate of drug-likeness (QED) is 0.581. The van der Waals surface area contributed by atoms with Crippen LogP contribution in [0.25, 0.3) is 0 Å². The third-order valence-electron chi connectivity index (χ3n) is 3.46. The first-order valence-electron chi connectivity index (χ1n) is 6.88. The highest BCUT2D eigenvalue weighted by Gasteiger charge is 2.21. The van der Waals surface area contributed by atoms with Crippen LogP contribution in [0.1, 0.15) is 32.6 Å². The van der Waals surface area contributed by atoms with E-state index in [0.717, 1.165) is 25.7 Å². The summed E-state index contributed by atoms with van der Waals surface area (Å²) >= 11 is 0. The topological polar surface area (TPSA) is 89.9 Å². The van der Waals surface area contributed by atoms with Crippen molar-refractivity contribution < 1.29 is 19.8 Å². The summed E-state index contributed by atoms with van der Waals surface area (Å²) in [7, 11) is 0. The third kappa shape index (κ3) is 6.02. The van der Waals surface area contributed by atoms with Crippen molar-refractivity contribution in [2.24, 2.45) is 5.92 Å². The molecule has 0 aliphatic heterocycles. The van der Waals surface area contributed by atoms with Crippen LogP contribution in [0.3, 0.4) is 0 Å². The summed E-state index contributed by atoms with van der Waals surface area (Å²) in [4.78, 5) is 24.4. The maximum Gasteiger partial charge on any atom is 0.307 e. The number of aliphatic hydroxyl groups excluding tert-OH is 1. The molecule has 19 heavy (non-hydrogen) atoms. The molecule has 1 atom stereocenters. The molecule has 1 amide bonds. The van der Waals surface area contributed by atoms with E-state index in [-0.39, 0.29) is 31.6 Å². The van der Waals surface area contributed by atoms with E-state index in [0.29, 0.717) is 6.54 Å². The van der Waals surface area contributed by atoms with E-state index in [4.69, 9.17) is 10.2 Å². The first kappa shape index (κ1) is 15.9. The lowest BCUT2D eigenvalue weighted by atomic mass is 10.1. The predicted octanol–water partition coefficient (Wildman–Crippen LogP) is 0.0602. The first-order chi connectivity index (χ1) is 9.02. The second kappa shape index (κ2) is 8.12. The fourth-order valence-corrected chi connectivity index (χ4v) is 2.39. The molecule has 1 fully saturated rings. The van der Waals surface area contributed by atoms with Crippen molar-refractivity contribution in [1.29, 1.82) is 0 Å². The Morgan fingerprint density at radius 1 is 1.37 bits per heavy atom. The van der Waals surface area contributed by atoms with Crippen molar-refractivity contribution in [3.63, 3.8) is 0 Å². The van der Waals surface area contributed by atoms with Gasteiger partial charge in [-0.05, 0) is 12.8 Å². The van der Waals surface area contributed by atoms with Gasteiger partial charge in [0.25, 0.3) is 0 Å². The fraction of sp³-hybridized carbons (Fsp3) is 0.846. The lowest BCUT2D eigenvalue weighted by molar-refractivity contribution is -0.142. The van der Waals surface area contributed by atoms with Gasteiger partial charge in [-0.2, -0.15) is 0 Å². The second-order valence-corrected chi connectivity index (χ2v) is 5.25. The number of aliphatic hydroxyl groups is 1. The van der Waals surface area contributed by atoms with E-state index < -0.39 is 11.9 Å². The summed E-state index contributed by atoms with van der Waals surface area (Å²) in [6.07, 6.45) is 4.36. The molecule has 3 N–H and O–H groups in total. The molecule has 6 heteroatoms. The minimum absolute atomic E-state index is 0.0803. The maximum absolute atomic E-state index is 11.9. The zero-order valence-electron chi connectivity index (χ0n) is 11.5. The molecule has 1 unspecified atom stereocenters. The number of nitrogens with zero attached hydrogens (tertiary/aromatic N) is 1. The minimum atomic E-state index is -0.890. The van der Waals surface area contributed by atoms with Gasteiger partial charge in [0.15, 0.2) is 0 Å². The van der Waals surface area contributed by atoms with Crippen LogP contribution in [0.5, 0.6) is 0 Å². The number of carboxylic acid groups (broad SMARTS) is 1. The smallest absolute Gasteiger partial charge is 0.307 e. The lowest BCUT2D eigenvalue weighted by Gasteiger charge is -2.23. The summed E-state index contributed by atoms with van der Waals surface area (Å²) in [5.41, 5.74) is 0. The fourth-order valence-electron chi connectivity index (χ4n) is 2.39. The normalized spacial score (nSPS) is 17.6. The van der Waals surface area contributed by atoms with E-state index in [1.165, 1.54) is 0 Å². The third-order valence-corrected chi connectivity index (χ3v) is 3.46. The molecule has 0 saturated heterocycles. The molecule has 1 saturated carbocycles. The number of amides is 1. The lowest BCUT2D eigenvalue weighted by Crippen LogP contribution is -2.44. The number of aliphatic carboxylic acids is 1. The first-order valence-corrected chi connectivity index (χ1v) is 6.88. The van der Waals surface area contributed by atoms with Crippen molar-refractivity contribution >= 4 is 11.9 Å². The van der Waals surface area contributed by atoms with Gasteiger partial charge in [-0.1, -0.05) is 19.8 Å². The Labute approximate surface area is 113 Å². The maximum atomic E-state index is 11.9. The molecule has 0 spiro atoms. The van der Waals surface area contributed by atoms with Gasteiger partial charge < -0.3 is 15.5 Å². The predicted molar refractivity (Wildman–Crippen MR) is 70.7 cm³/mol. The van der Waals surface area contributed by atoms with E-state index in [1.54, 1.807) is 11.8 Å². The number of rotatable bonds is 8. The number of carbonyl (C=O) groups excluding carboxylic acids is 1. The summed E-state index contributed by atoms with van der Waals surface area (Å²) in [5, 5.41) is 20.8. The van der Waals surface area contributed by atoms with Gasteiger partial charge in [0, 0.05) is 19.1 Å². The van der Waals surface area contributed by atoms with E-state index in [9.17, 15) is 9.59 Å². The molecular weight excluding hydrogens is 248 g/mol. The number of hydrogen-bond acceptors (Lipinski definition) is 4. The average molecular weight is 272 g/mol. The van der Waals surface area contributed by atoms with Crippen LogP contribution < -0.4 is 5.32 Å². The number of carbonyl (C=O) groups is 2. The Bertz CT molecular complexity index is 303. The van der Waals surface area contributed by atoms with Gasteiger partial charge in [0.1, 0.15) is 0 Å². The van der Waals surface area contributed by atoms with Crippen LogP contribution >= 0.6 is 0 Å². The highest BCUT2D eigenvalue weighted by Crippen LogP contribution is 2.17. The molecule has 0 aromatic heterocycles. The van der Waals surface area contributed by atoms with Crippen LogP contribution in [0.15, 0.2) is 0 Å². The van der Waals surface area contributed by atoms with Gasteiger partial charge in [0.05, 0.1) is 19.1 Å². The van der Waals surface area contributed by atoms with Gasteiger partial charge in [-0.3, -0.25) is 14.5 Å². The number of nitrogens with one attached hydrogen (secondary N) is 1. The summed E-state index contributed by atoms with van der Waals surface area (Å²) in [5.74, 6) is -1.53. The molecule has 0 aromatic carbocycles. The summed E-state index contributed by atoms with van der Waals surface area (Å²) in [6, 6.07) is 0.264. The average Bonchev–Trinajstić information content (AvgIpc) is 2.81. The van der Waals surface area contributed by atoms with Crippen molar-refractivity contribution in [3.8, 4) is 0 Å². The van der Waals surface area contributed by atoms with Gasteiger partial charge in [-0.15, -0.1) is 0 Å². The molecule has 6 nitrogen and oxygen atoms in total. The molecule has 0 radical (unpaired) electrons. The highest BCUT2D eigenvalue weighted by atomic mass is 16.4. The molecule has 1 rings (SSSR count). The zero-order valence-corrected chi connectivity index (χ0v) is 11.5. The monoisotopic (exact) mass is 272 g/mol. The van der Waals surface area contributed by atoms with Crippen molar-refractivity contribution in [2.75, 3.05) is 26.2 Å². The van der Waals surface area contributed by atoms with E-state index in [2.05, 4.69) is 5.32 Å². The Morgan fingerprint density at radius 3 is 2.53 bits per heavy atom. The number of carboxylic acids is 1. The van der Waals surface area contributed by atoms with Crippen molar-refractivity contribution in [2.45, 2.75) is 38.6 Å². The summed E-state index contributed by atoms with van der Waals surface area (Å²) in [6.45, 7) is 2.25. The van der Waals surface area contributed by atoms with Crippen molar-refractivity contribution in [3.05, 3.63) is 0 Å². The zero-order chi connectivity index (χ0) is 14.3.